The van der Waals surface area contributed by atoms with E-state index in [4.69, 9.17) is 43.0 Å². The number of nitrogen functional groups attached to an aromatic ring is 1. The summed E-state index contributed by atoms with van der Waals surface area (Å²) in [5.41, 5.74) is 15.3. The molecule has 1 aromatic rings. The van der Waals surface area contributed by atoms with Gasteiger partial charge in [-0.2, -0.15) is 4.98 Å². The molecule has 1 saturated heterocycles. The topological polar surface area (TPSA) is 175 Å². The zero-order valence-electron chi connectivity index (χ0n) is 18.7. The van der Waals surface area contributed by atoms with Crippen molar-refractivity contribution in [3.8, 4) is 0 Å². The number of esters is 2. The Hall–Kier alpha value is -2.21. The van der Waals surface area contributed by atoms with Gasteiger partial charge >= 0.3 is 17.6 Å². The van der Waals surface area contributed by atoms with Gasteiger partial charge in [0.2, 0.25) is 0 Å². The minimum absolute atomic E-state index is 0.0512. The second kappa shape index (κ2) is 10.6. The second-order valence-corrected chi connectivity index (χ2v) is 8.89. The van der Waals surface area contributed by atoms with Gasteiger partial charge in [-0.15, -0.1) is 11.6 Å². The van der Waals surface area contributed by atoms with Gasteiger partial charge in [-0.05, 0) is 17.9 Å². The Labute approximate surface area is 191 Å². The molecule has 12 heteroatoms. The standard InChI is InChI=1S/C20H32ClN5O6/c1-10(2)15(23)17(27)30-9-20(8-21)12(31-18(28)16(24)11(3)4)7-14(32-20)26-6-5-13(22)25-19(26)29/h5-6,10-12,14-16H,7-9,23-24H2,1-4H3,(H2,22,25,29)/t12-,14+,15-,16+,20+/m0/s1. The summed E-state index contributed by atoms with van der Waals surface area (Å²) < 4.78 is 18.3. The van der Waals surface area contributed by atoms with Gasteiger partial charge < -0.3 is 31.4 Å². The van der Waals surface area contributed by atoms with Gasteiger partial charge in [-0.3, -0.25) is 14.2 Å². The largest absolute Gasteiger partial charge is 0.461 e. The van der Waals surface area contributed by atoms with Crippen LogP contribution in [0.25, 0.3) is 0 Å². The predicted octanol–water partition coefficient (Wildman–Crippen LogP) is 0.144. The van der Waals surface area contributed by atoms with Crippen LogP contribution in [-0.4, -0.2) is 57.8 Å². The molecule has 11 nitrogen and oxygen atoms in total. The van der Waals surface area contributed by atoms with Gasteiger partial charge in [0, 0.05) is 12.6 Å². The molecule has 2 heterocycles. The van der Waals surface area contributed by atoms with Crippen molar-refractivity contribution in [2.75, 3.05) is 18.2 Å². The molecule has 0 saturated carbocycles. The molecule has 0 amide bonds. The highest BCUT2D eigenvalue weighted by molar-refractivity contribution is 6.18. The average molecular weight is 474 g/mol. The van der Waals surface area contributed by atoms with Crippen molar-refractivity contribution in [1.82, 2.24) is 9.55 Å². The van der Waals surface area contributed by atoms with Crippen LogP contribution in [0.1, 0.15) is 40.3 Å². The van der Waals surface area contributed by atoms with E-state index >= 15 is 0 Å². The molecule has 0 radical (unpaired) electrons. The third-order valence-electron chi connectivity index (χ3n) is 5.46. The molecule has 2 rings (SSSR count). The number of hydrogen-bond acceptors (Lipinski definition) is 10. The Bertz CT molecular complexity index is 878. The maximum Gasteiger partial charge on any atom is 0.351 e. The lowest BCUT2D eigenvalue weighted by atomic mass is 9.98. The van der Waals surface area contributed by atoms with E-state index in [-0.39, 0.29) is 36.6 Å². The van der Waals surface area contributed by atoms with Crippen LogP contribution in [0.15, 0.2) is 17.1 Å². The van der Waals surface area contributed by atoms with Crippen LogP contribution in [-0.2, 0) is 23.8 Å². The van der Waals surface area contributed by atoms with E-state index in [9.17, 15) is 14.4 Å². The van der Waals surface area contributed by atoms with E-state index in [1.165, 1.54) is 16.8 Å². The third-order valence-corrected chi connectivity index (χ3v) is 5.91. The molecular formula is C20H32ClN5O6. The van der Waals surface area contributed by atoms with Gasteiger partial charge in [0.1, 0.15) is 36.8 Å². The summed E-state index contributed by atoms with van der Waals surface area (Å²) >= 11 is 6.24. The van der Waals surface area contributed by atoms with E-state index in [2.05, 4.69) is 4.98 Å². The zero-order valence-corrected chi connectivity index (χ0v) is 19.4. The van der Waals surface area contributed by atoms with Crippen molar-refractivity contribution in [2.24, 2.45) is 23.3 Å². The molecule has 32 heavy (non-hydrogen) atoms. The summed E-state index contributed by atoms with van der Waals surface area (Å²) in [6, 6.07) is -0.290. The van der Waals surface area contributed by atoms with Crippen LogP contribution in [0.2, 0.25) is 0 Å². The van der Waals surface area contributed by atoms with E-state index in [1.54, 1.807) is 27.7 Å². The molecule has 1 aromatic heterocycles. The van der Waals surface area contributed by atoms with E-state index in [1.807, 2.05) is 0 Å². The summed E-state index contributed by atoms with van der Waals surface area (Å²) in [5, 5.41) is 0. The Morgan fingerprint density at radius 2 is 1.84 bits per heavy atom. The maximum absolute atomic E-state index is 12.6. The second-order valence-electron chi connectivity index (χ2n) is 8.62. The molecule has 1 aliphatic heterocycles. The lowest BCUT2D eigenvalue weighted by molar-refractivity contribution is -0.175. The van der Waals surface area contributed by atoms with E-state index < -0.39 is 47.6 Å². The molecule has 0 aliphatic carbocycles. The van der Waals surface area contributed by atoms with Crippen molar-refractivity contribution in [1.29, 1.82) is 0 Å². The number of anilines is 1. The van der Waals surface area contributed by atoms with Crippen LogP contribution in [0.5, 0.6) is 0 Å². The Kier molecular flexibility index (Phi) is 8.63. The fraction of sp³-hybridized carbons (Fsp3) is 0.700. The first kappa shape index (κ1) is 26.0. The lowest BCUT2D eigenvalue weighted by Crippen LogP contribution is -2.51. The molecule has 0 aromatic carbocycles. The number of halogens is 1. The maximum atomic E-state index is 12.6. The quantitative estimate of drug-likeness (QED) is 0.330. The van der Waals surface area contributed by atoms with Crippen molar-refractivity contribution in [2.45, 2.75) is 64.1 Å². The molecule has 5 atom stereocenters. The summed E-state index contributed by atoms with van der Waals surface area (Å²) in [6.45, 7) is 6.79. The fourth-order valence-electron chi connectivity index (χ4n) is 3.10. The Morgan fingerprint density at radius 1 is 1.25 bits per heavy atom. The number of alkyl halides is 1. The van der Waals surface area contributed by atoms with Gasteiger partial charge in [0.15, 0.2) is 5.60 Å². The van der Waals surface area contributed by atoms with Crippen molar-refractivity contribution >= 4 is 29.4 Å². The van der Waals surface area contributed by atoms with Crippen molar-refractivity contribution < 1.29 is 23.8 Å². The molecule has 1 aliphatic rings. The number of nitrogens with two attached hydrogens (primary N) is 3. The average Bonchev–Trinajstić information content (AvgIpc) is 3.08. The lowest BCUT2D eigenvalue weighted by Gasteiger charge is -2.32. The minimum Gasteiger partial charge on any atom is -0.461 e. The number of carbonyl (C=O) groups is 2. The number of ether oxygens (including phenoxy) is 3. The normalized spacial score (nSPS) is 25.0. The molecular weight excluding hydrogens is 442 g/mol. The zero-order chi connectivity index (χ0) is 24.2. The predicted molar refractivity (Wildman–Crippen MR) is 118 cm³/mol. The fourth-order valence-corrected chi connectivity index (χ4v) is 3.41. The SMILES string of the molecule is CC(C)[C@H](N)C(=O)OC[C@@]1(CCl)O[C@@H](n2ccc(N)nc2=O)C[C@@H]1OC(=O)[C@H](N)C(C)C. The first-order chi connectivity index (χ1) is 14.9. The highest BCUT2D eigenvalue weighted by atomic mass is 35.5. The van der Waals surface area contributed by atoms with Gasteiger partial charge in [0.25, 0.3) is 0 Å². The van der Waals surface area contributed by atoms with Crippen LogP contribution in [0, 0.1) is 11.8 Å². The van der Waals surface area contributed by atoms with Crippen LogP contribution in [0.4, 0.5) is 5.82 Å². The van der Waals surface area contributed by atoms with Gasteiger partial charge in [0.05, 0.1) is 5.88 Å². The number of aromatic nitrogens is 2. The summed E-state index contributed by atoms with van der Waals surface area (Å²) in [5.74, 6) is -1.76. The van der Waals surface area contributed by atoms with Crippen LogP contribution >= 0.6 is 11.6 Å². The number of nitrogens with zero attached hydrogens (tertiary/aromatic N) is 2. The highest BCUT2D eigenvalue weighted by Gasteiger charge is 2.53. The molecule has 6 N–H and O–H groups in total. The first-order valence-corrected chi connectivity index (χ1v) is 10.9. The smallest absolute Gasteiger partial charge is 0.351 e. The Morgan fingerprint density at radius 3 is 2.38 bits per heavy atom. The summed E-state index contributed by atoms with van der Waals surface area (Å²) in [6.07, 6.45) is -0.364. The Balaban J connectivity index is 2.32. The van der Waals surface area contributed by atoms with Crippen LogP contribution in [0.3, 0.4) is 0 Å². The summed E-state index contributed by atoms with van der Waals surface area (Å²) in [7, 11) is 0. The number of hydrogen-bond donors (Lipinski definition) is 3. The third kappa shape index (κ3) is 5.77. The highest BCUT2D eigenvalue weighted by Crippen LogP contribution is 2.40. The number of rotatable bonds is 9. The van der Waals surface area contributed by atoms with Crippen molar-refractivity contribution in [3.63, 3.8) is 0 Å². The molecule has 1 fully saturated rings. The minimum atomic E-state index is -1.42. The summed E-state index contributed by atoms with van der Waals surface area (Å²) in [4.78, 5) is 40.9. The van der Waals surface area contributed by atoms with Gasteiger partial charge in [-0.1, -0.05) is 27.7 Å². The van der Waals surface area contributed by atoms with Crippen molar-refractivity contribution in [3.05, 3.63) is 22.7 Å². The van der Waals surface area contributed by atoms with E-state index in [0.29, 0.717) is 0 Å². The van der Waals surface area contributed by atoms with E-state index in [0.717, 1.165) is 0 Å². The van der Waals surface area contributed by atoms with Crippen LogP contribution < -0.4 is 22.9 Å². The number of carbonyl (C=O) groups excluding carboxylic acids is 2. The first-order valence-electron chi connectivity index (χ1n) is 10.4. The monoisotopic (exact) mass is 473 g/mol. The molecule has 180 valence electrons. The molecule has 0 unspecified atom stereocenters. The van der Waals surface area contributed by atoms with Gasteiger partial charge in [-0.25, -0.2) is 4.79 Å². The molecule has 0 spiro atoms. The molecule has 0 bridgehead atoms.